The molecule has 1 aromatic heterocycles. The summed E-state index contributed by atoms with van der Waals surface area (Å²) in [6.45, 7) is 1.27. The first kappa shape index (κ1) is 18.0. The van der Waals surface area contributed by atoms with Crippen LogP contribution in [-0.4, -0.2) is 40.3 Å². The summed E-state index contributed by atoms with van der Waals surface area (Å²) in [5, 5.41) is 13.8. The number of urea groups is 1. The number of rotatable bonds is 4. The van der Waals surface area contributed by atoms with E-state index in [1.54, 1.807) is 17.0 Å². The average molecular weight is 381 g/mol. The second-order valence-electron chi connectivity index (χ2n) is 6.62. The fourth-order valence-corrected chi connectivity index (χ4v) is 3.15. The maximum atomic E-state index is 13.0. The zero-order valence-electron chi connectivity index (χ0n) is 15.1. The minimum Gasteiger partial charge on any atom is -0.403 e. The summed E-state index contributed by atoms with van der Waals surface area (Å²) in [4.78, 5) is 14.2. The average Bonchev–Trinajstić information content (AvgIpc) is 3.18. The number of piperidine rings is 1. The van der Waals surface area contributed by atoms with Crippen LogP contribution in [0, 0.1) is 5.82 Å². The first-order valence-electron chi connectivity index (χ1n) is 9.14. The minimum atomic E-state index is -0.345. The van der Waals surface area contributed by atoms with Crippen molar-refractivity contribution in [2.24, 2.45) is 0 Å². The molecule has 0 aliphatic carbocycles. The summed E-state index contributed by atoms with van der Waals surface area (Å²) in [6.07, 6.45) is 1.71. The molecule has 0 atom stereocenters. The van der Waals surface area contributed by atoms with E-state index in [2.05, 4.69) is 20.8 Å². The molecule has 1 aliphatic rings. The molecule has 2 heterocycles. The van der Waals surface area contributed by atoms with Crippen LogP contribution in [0.15, 0.2) is 59.0 Å². The van der Waals surface area contributed by atoms with Crippen LogP contribution in [0.2, 0.25) is 0 Å². The lowest BCUT2D eigenvalue weighted by atomic mass is 10.0. The van der Waals surface area contributed by atoms with E-state index in [9.17, 15) is 9.18 Å². The molecule has 0 unspecified atom stereocenters. The number of likely N-dealkylation sites (tertiary alicyclic amines) is 1. The first-order chi connectivity index (χ1) is 13.7. The minimum absolute atomic E-state index is 0.0221. The van der Waals surface area contributed by atoms with Crippen molar-refractivity contribution in [2.45, 2.75) is 18.9 Å². The molecule has 2 amide bonds. The molecule has 144 valence electrons. The molecule has 1 saturated heterocycles. The maximum absolute atomic E-state index is 13.0. The maximum Gasteiger partial charge on any atom is 0.325 e. The predicted molar refractivity (Wildman–Crippen MR) is 103 cm³/mol. The number of benzene rings is 2. The third-order valence-electron chi connectivity index (χ3n) is 4.66. The van der Waals surface area contributed by atoms with Gasteiger partial charge in [0, 0.05) is 30.4 Å². The molecular weight excluding hydrogens is 361 g/mol. The molecule has 0 saturated carbocycles. The molecule has 28 heavy (non-hydrogen) atoms. The smallest absolute Gasteiger partial charge is 0.325 e. The van der Waals surface area contributed by atoms with Gasteiger partial charge in [0.05, 0.1) is 0 Å². The molecule has 4 rings (SSSR count). The molecule has 0 radical (unpaired) electrons. The van der Waals surface area contributed by atoms with E-state index >= 15 is 0 Å². The SMILES string of the molecule is O=C(Nc1nnc(-c2ccc(F)cc2)o1)N1CCC(Nc2ccccc2)CC1. The van der Waals surface area contributed by atoms with Crippen molar-refractivity contribution < 1.29 is 13.6 Å². The Hall–Kier alpha value is -3.42. The van der Waals surface area contributed by atoms with E-state index in [4.69, 9.17) is 4.42 Å². The van der Waals surface area contributed by atoms with Crippen molar-refractivity contribution >= 4 is 17.7 Å². The van der Waals surface area contributed by atoms with Crippen molar-refractivity contribution in [1.29, 1.82) is 0 Å². The van der Waals surface area contributed by atoms with Crippen molar-refractivity contribution in [1.82, 2.24) is 15.1 Å². The largest absolute Gasteiger partial charge is 0.403 e. The summed E-state index contributed by atoms with van der Waals surface area (Å²) >= 11 is 0. The topological polar surface area (TPSA) is 83.3 Å². The van der Waals surface area contributed by atoms with Gasteiger partial charge in [-0.1, -0.05) is 23.3 Å². The van der Waals surface area contributed by atoms with E-state index < -0.39 is 0 Å². The van der Waals surface area contributed by atoms with E-state index in [1.807, 2.05) is 30.3 Å². The molecule has 1 aliphatic heterocycles. The number of nitrogens with zero attached hydrogens (tertiary/aromatic N) is 3. The molecular formula is C20H20FN5O2. The quantitative estimate of drug-likeness (QED) is 0.714. The number of amides is 2. The van der Waals surface area contributed by atoms with Crippen LogP contribution in [0.4, 0.5) is 20.9 Å². The highest BCUT2D eigenvalue weighted by Gasteiger charge is 2.24. The van der Waals surface area contributed by atoms with Crippen molar-refractivity contribution in [3.05, 3.63) is 60.4 Å². The Morgan fingerprint density at radius 3 is 2.46 bits per heavy atom. The van der Waals surface area contributed by atoms with Crippen LogP contribution >= 0.6 is 0 Å². The highest BCUT2D eigenvalue weighted by molar-refractivity contribution is 5.87. The van der Waals surface area contributed by atoms with Crippen molar-refractivity contribution in [3.63, 3.8) is 0 Å². The van der Waals surface area contributed by atoms with Gasteiger partial charge in [0.2, 0.25) is 5.89 Å². The summed E-state index contributed by atoms with van der Waals surface area (Å²) in [5.74, 6) is -0.122. The van der Waals surface area contributed by atoms with Gasteiger partial charge in [0.1, 0.15) is 5.82 Å². The van der Waals surface area contributed by atoms with E-state index in [-0.39, 0.29) is 23.8 Å². The summed E-state index contributed by atoms with van der Waals surface area (Å²) in [6, 6.07) is 15.8. The van der Waals surface area contributed by atoms with Gasteiger partial charge in [-0.15, -0.1) is 5.10 Å². The molecule has 8 heteroatoms. The third kappa shape index (κ3) is 4.28. The Morgan fingerprint density at radius 2 is 1.75 bits per heavy atom. The Balaban J connectivity index is 1.29. The normalized spacial score (nSPS) is 14.7. The fraction of sp³-hybridized carbons (Fsp3) is 0.250. The number of para-hydroxylation sites is 1. The Labute approximate surface area is 161 Å². The highest BCUT2D eigenvalue weighted by Crippen LogP contribution is 2.21. The number of carbonyl (C=O) groups is 1. The van der Waals surface area contributed by atoms with Crippen LogP contribution in [0.5, 0.6) is 0 Å². The van der Waals surface area contributed by atoms with E-state index in [0.29, 0.717) is 24.7 Å². The standard InChI is InChI=1S/C20H20FN5O2/c21-15-8-6-14(7-9-15)18-24-25-19(28-18)23-20(27)26-12-10-17(11-13-26)22-16-4-2-1-3-5-16/h1-9,17,22H,10-13H2,(H,23,25,27). The van der Waals surface area contributed by atoms with Gasteiger partial charge in [-0.3, -0.25) is 5.32 Å². The van der Waals surface area contributed by atoms with E-state index in [0.717, 1.165) is 18.5 Å². The zero-order valence-corrected chi connectivity index (χ0v) is 15.1. The zero-order chi connectivity index (χ0) is 19.3. The lowest BCUT2D eigenvalue weighted by Gasteiger charge is -2.32. The van der Waals surface area contributed by atoms with Crippen LogP contribution in [0.25, 0.3) is 11.5 Å². The van der Waals surface area contributed by atoms with Gasteiger partial charge in [0.15, 0.2) is 0 Å². The molecule has 0 bridgehead atoms. The van der Waals surface area contributed by atoms with Crippen molar-refractivity contribution in [3.8, 4) is 11.5 Å². The summed E-state index contributed by atoms with van der Waals surface area (Å²) < 4.78 is 18.5. The molecule has 0 spiro atoms. The molecule has 1 fully saturated rings. The predicted octanol–water partition coefficient (Wildman–Crippen LogP) is 3.98. The van der Waals surface area contributed by atoms with Crippen LogP contribution < -0.4 is 10.6 Å². The summed E-state index contributed by atoms with van der Waals surface area (Å²) in [5.41, 5.74) is 1.67. The molecule has 2 N–H and O–H groups in total. The Kier molecular flexibility index (Phi) is 5.18. The number of anilines is 2. The third-order valence-corrected chi connectivity index (χ3v) is 4.66. The Morgan fingerprint density at radius 1 is 1.04 bits per heavy atom. The second-order valence-corrected chi connectivity index (χ2v) is 6.62. The number of halogens is 1. The number of hydrogen-bond acceptors (Lipinski definition) is 5. The molecule has 3 aromatic rings. The monoisotopic (exact) mass is 381 g/mol. The first-order valence-corrected chi connectivity index (χ1v) is 9.14. The van der Waals surface area contributed by atoms with Gasteiger partial charge < -0.3 is 14.6 Å². The number of carbonyl (C=O) groups excluding carboxylic acids is 1. The van der Waals surface area contributed by atoms with Gasteiger partial charge >= 0.3 is 12.0 Å². The number of hydrogen-bond donors (Lipinski definition) is 2. The fourth-order valence-electron chi connectivity index (χ4n) is 3.15. The van der Waals surface area contributed by atoms with Crippen LogP contribution in [0.3, 0.4) is 0 Å². The van der Waals surface area contributed by atoms with Gasteiger partial charge in [-0.05, 0) is 49.2 Å². The van der Waals surface area contributed by atoms with Crippen LogP contribution in [-0.2, 0) is 0 Å². The number of nitrogens with one attached hydrogen (secondary N) is 2. The second kappa shape index (κ2) is 8.08. The lowest BCUT2D eigenvalue weighted by Crippen LogP contribution is -2.44. The Bertz CT molecular complexity index is 921. The van der Waals surface area contributed by atoms with Crippen molar-refractivity contribution in [2.75, 3.05) is 23.7 Å². The lowest BCUT2D eigenvalue weighted by molar-refractivity contribution is 0.196. The molecule has 7 nitrogen and oxygen atoms in total. The van der Waals surface area contributed by atoms with Gasteiger partial charge in [-0.2, -0.15) is 0 Å². The molecule has 2 aromatic carbocycles. The van der Waals surface area contributed by atoms with E-state index in [1.165, 1.54) is 12.1 Å². The van der Waals surface area contributed by atoms with Gasteiger partial charge in [-0.25, -0.2) is 9.18 Å². The van der Waals surface area contributed by atoms with Gasteiger partial charge in [0.25, 0.3) is 0 Å². The highest BCUT2D eigenvalue weighted by atomic mass is 19.1. The summed E-state index contributed by atoms with van der Waals surface area (Å²) in [7, 11) is 0. The number of aromatic nitrogens is 2. The van der Waals surface area contributed by atoms with Crippen LogP contribution in [0.1, 0.15) is 12.8 Å².